The monoisotopic (exact) mass is 288 g/mol. The number of nitrogens with two attached hydrogens (primary N) is 1. The molecule has 0 aliphatic carbocycles. The highest BCUT2D eigenvalue weighted by Crippen LogP contribution is 2.29. The SMILES string of the molecule is CCCC1CCCN(C(c2ccc(C)cc2)C(C)N)CC1. The maximum Gasteiger partial charge on any atom is 0.0496 e. The van der Waals surface area contributed by atoms with Crippen molar-refractivity contribution in [1.82, 2.24) is 4.90 Å². The fraction of sp³-hybridized carbons (Fsp3) is 0.684. The Kier molecular flexibility index (Phi) is 6.25. The lowest BCUT2D eigenvalue weighted by molar-refractivity contribution is 0.180. The number of hydrogen-bond donors (Lipinski definition) is 1. The summed E-state index contributed by atoms with van der Waals surface area (Å²) in [5, 5.41) is 0. The predicted octanol–water partition coefficient (Wildman–Crippen LogP) is 4.29. The van der Waals surface area contributed by atoms with E-state index >= 15 is 0 Å². The Morgan fingerprint density at radius 3 is 2.52 bits per heavy atom. The van der Waals surface area contributed by atoms with Gasteiger partial charge in [0.2, 0.25) is 0 Å². The van der Waals surface area contributed by atoms with Crippen molar-refractivity contribution in [2.24, 2.45) is 11.7 Å². The molecule has 0 saturated carbocycles. The van der Waals surface area contributed by atoms with E-state index in [0.717, 1.165) is 5.92 Å². The zero-order chi connectivity index (χ0) is 15.2. The number of hydrogen-bond acceptors (Lipinski definition) is 2. The first-order valence-electron chi connectivity index (χ1n) is 8.68. The summed E-state index contributed by atoms with van der Waals surface area (Å²) in [6, 6.07) is 9.49. The van der Waals surface area contributed by atoms with E-state index in [-0.39, 0.29) is 6.04 Å². The second-order valence-electron chi connectivity index (χ2n) is 6.84. The van der Waals surface area contributed by atoms with E-state index in [0.29, 0.717) is 6.04 Å². The Bertz CT molecular complexity index is 410. The average Bonchev–Trinajstić information content (AvgIpc) is 2.67. The summed E-state index contributed by atoms with van der Waals surface area (Å²) in [6.07, 6.45) is 6.76. The molecule has 3 unspecified atom stereocenters. The molecular weight excluding hydrogens is 256 g/mol. The van der Waals surface area contributed by atoms with E-state index in [9.17, 15) is 0 Å². The predicted molar refractivity (Wildman–Crippen MR) is 91.4 cm³/mol. The van der Waals surface area contributed by atoms with E-state index in [4.69, 9.17) is 5.73 Å². The van der Waals surface area contributed by atoms with E-state index < -0.39 is 0 Å². The molecule has 1 saturated heterocycles. The number of likely N-dealkylation sites (tertiary alicyclic amines) is 1. The maximum absolute atomic E-state index is 6.34. The van der Waals surface area contributed by atoms with Gasteiger partial charge >= 0.3 is 0 Å². The van der Waals surface area contributed by atoms with E-state index in [1.807, 2.05) is 0 Å². The normalized spacial score (nSPS) is 23.5. The largest absolute Gasteiger partial charge is 0.326 e. The number of aryl methyl sites for hydroxylation is 1. The van der Waals surface area contributed by atoms with E-state index in [1.165, 1.54) is 56.3 Å². The van der Waals surface area contributed by atoms with Gasteiger partial charge in [0.15, 0.2) is 0 Å². The molecule has 3 atom stereocenters. The van der Waals surface area contributed by atoms with Gasteiger partial charge in [-0.25, -0.2) is 0 Å². The Balaban J connectivity index is 2.09. The van der Waals surface area contributed by atoms with Crippen molar-refractivity contribution in [1.29, 1.82) is 0 Å². The van der Waals surface area contributed by atoms with Crippen LogP contribution in [0.1, 0.15) is 63.1 Å². The Morgan fingerprint density at radius 1 is 1.19 bits per heavy atom. The van der Waals surface area contributed by atoms with Gasteiger partial charge in [-0.15, -0.1) is 0 Å². The van der Waals surface area contributed by atoms with Crippen LogP contribution in [-0.4, -0.2) is 24.0 Å². The second kappa shape index (κ2) is 7.95. The third-order valence-electron chi connectivity index (χ3n) is 4.89. The summed E-state index contributed by atoms with van der Waals surface area (Å²) < 4.78 is 0. The zero-order valence-electron chi connectivity index (χ0n) is 14.0. The van der Waals surface area contributed by atoms with Crippen LogP contribution in [0.15, 0.2) is 24.3 Å². The molecule has 1 heterocycles. The molecule has 0 radical (unpaired) electrons. The van der Waals surface area contributed by atoms with Crippen molar-refractivity contribution >= 4 is 0 Å². The summed E-state index contributed by atoms with van der Waals surface area (Å²) in [6.45, 7) is 9.00. The van der Waals surface area contributed by atoms with Gasteiger partial charge in [-0.3, -0.25) is 4.90 Å². The first-order chi connectivity index (χ1) is 10.1. The Hall–Kier alpha value is -0.860. The molecule has 0 aromatic heterocycles. The minimum absolute atomic E-state index is 0.176. The van der Waals surface area contributed by atoms with E-state index in [2.05, 4.69) is 49.9 Å². The molecule has 0 amide bonds. The van der Waals surface area contributed by atoms with Gasteiger partial charge in [-0.2, -0.15) is 0 Å². The minimum Gasteiger partial charge on any atom is -0.326 e. The number of rotatable bonds is 5. The molecule has 0 bridgehead atoms. The van der Waals surface area contributed by atoms with Crippen molar-refractivity contribution in [3.05, 3.63) is 35.4 Å². The van der Waals surface area contributed by atoms with Crippen LogP contribution >= 0.6 is 0 Å². The van der Waals surface area contributed by atoms with Crippen molar-refractivity contribution in [2.45, 2.75) is 65.0 Å². The van der Waals surface area contributed by atoms with Crippen LogP contribution < -0.4 is 5.73 Å². The van der Waals surface area contributed by atoms with Gasteiger partial charge in [-0.1, -0.05) is 49.6 Å². The molecule has 1 aliphatic heterocycles. The van der Waals surface area contributed by atoms with Gasteiger partial charge in [0, 0.05) is 12.1 Å². The summed E-state index contributed by atoms with van der Waals surface area (Å²) in [7, 11) is 0. The maximum atomic E-state index is 6.34. The minimum atomic E-state index is 0.176. The third-order valence-corrected chi connectivity index (χ3v) is 4.89. The van der Waals surface area contributed by atoms with Gasteiger partial charge in [0.25, 0.3) is 0 Å². The summed E-state index contributed by atoms with van der Waals surface area (Å²) >= 11 is 0. The van der Waals surface area contributed by atoms with Crippen LogP contribution in [-0.2, 0) is 0 Å². The second-order valence-corrected chi connectivity index (χ2v) is 6.84. The van der Waals surface area contributed by atoms with Crippen molar-refractivity contribution in [3.8, 4) is 0 Å². The fourth-order valence-corrected chi connectivity index (χ4v) is 3.77. The van der Waals surface area contributed by atoms with Gasteiger partial charge in [0.05, 0.1) is 0 Å². The summed E-state index contributed by atoms with van der Waals surface area (Å²) in [5.41, 5.74) is 9.04. The summed E-state index contributed by atoms with van der Waals surface area (Å²) in [4.78, 5) is 2.63. The van der Waals surface area contributed by atoms with Crippen molar-refractivity contribution in [3.63, 3.8) is 0 Å². The number of nitrogens with zero attached hydrogens (tertiary/aromatic N) is 1. The van der Waals surface area contributed by atoms with Crippen molar-refractivity contribution < 1.29 is 0 Å². The van der Waals surface area contributed by atoms with Crippen molar-refractivity contribution in [2.75, 3.05) is 13.1 Å². The standard InChI is InChI=1S/C19H32N2/c1-4-6-17-7-5-13-21(14-12-17)19(16(3)20)18-10-8-15(2)9-11-18/h8-11,16-17,19H,4-7,12-14,20H2,1-3H3. The average molecular weight is 288 g/mol. The molecule has 0 spiro atoms. The molecule has 2 nitrogen and oxygen atoms in total. The molecule has 2 N–H and O–H groups in total. The quantitative estimate of drug-likeness (QED) is 0.876. The fourth-order valence-electron chi connectivity index (χ4n) is 3.77. The van der Waals surface area contributed by atoms with Crippen LogP contribution in [0, 0.1) is 12.8 Å². The third kappa shape index (κ3) is 4.55. The molecule has 118 valence electrons. The van der Waals surface area contributed by atoms with Gasteiger partial charge < -0.3 is 5.73 Å². The lowest BCUT2D eigenvalue weighted by Gasteiger charge is -2.34. The van der Waals surface area contributed by atoms with E-state index in [1.54, 1.807) is 0 Å². The lowest BCUT2D eigenvalue weighted by Crippen LogP contribution is -2.40. The highest BCUT2D eigenvalue weighted by Gasteiger charge is 2.26. The molecule has 21 heavy (non-hydrogen) atoms. The van der Waals surface area contributed by atoms with Crippen LogP contribution in [0.25, 0.3) is 0 Å². The molecule has 1 fully saturated rings. The lowest BCUT2D eigenvalue weighted by atomic mass is 9.95. The molecule has 1 aromatic carbocycles. The number of benzene rings is 1. The van der Waals surface area contributed by atoms with Crippen LogP contribution in [0.3, 0.4) is 0 Å². The molecule has 2 rings (SSSR count). The van der Waals surface area contributed by atoms with Gasteiger partial charge in [-0.05, 0) is 57.7 Å². The summed E-state index contributed by atoms with van der Waals surface area (Å²) in [5.74, 6) is 0.923. The molecule has 2 heteroatoms. The van der Waals surface area contributed by atoms with Crippen LogP contribution in [0.2, 0.25) is 0 Å². The smallest absolute Gasteiger partial charge is 0.0496 e. The van der Waals surface area contributed by atoms with Gasteiger partial charge in [0.1, 0.15) is 0 Å². The topological polar surface area (TPSA) is 29.3 Å². The Morgan fingerprint density at radius 2 is 1.90 bits per heavy atom. The molecule has 1 aromatic rings. The van der Waals surface area contributed by atoms with Crippen LogP contribution in [0.4, 0.5) is 0 Å². The highest BCUT2D eigenvalue weighted by molar-refractivity contribution is 5.25. The first-order valence-corrected chi connectivity index (χ1v) is 8.68. The zero-order valence-corrected chi connectivity index (χ0v) is 14.0. The Labute approximate surface area is 130 Å². The highest BCUT2D eigenvalue weighted by atomic mass is 15.2. The van der Waals surface area contributed by atoms with Crippen LogP contribution in [0.5, 0.6) is 0 Å². The first kappa shape index (κ1) is 16.5. The molecule has 1 aliphatic rings. The molecular formula is C19H32N2.